The van der Waals surface area contributed by atoms with Crippen LogP contribution in [0, 0.1) is 0 Å². The van der Waals surface area contributed by atoms with E-state index >= 15 is 0 Å². The molecule has 8 heteroatoms. The van der Waals surface area contributed by atoms with Gasteiger partial charge in [-0.2, -0.15) is 0 Å². The monoisotopic (exact) mass is 294 g/mol. The maximum atomic E-state index is 12.2. The average Bonchev–Trinajstić information content (AvgIpc) is 2.93. The summed E-state index contributed by atoms with van der Waals surface area (Å²) >= 11 is 5.76. The molecule has 2 amide bonds. The highest BCUT2D eigenvalue weighted by Gasteiger charge is 2.46. The van der Waals surface area contributed by atoms with Crippen molar-refractivity contribution >= 4 is 17.6 Å². The summed E-state index contributed by atoms with van der Waals surface area (Å²) in [5, 5.41) is 2.60. The van der Waals surface area contributed by atoms with Crippen LogP contribution in [0.3, 0.4) is 0 Å². The number of nitrogens with one attached hydrogen (secondary N) is 1. The number of nitrogens with two attached hydrogens (primary N) is 1. The lowest BCUT2D eigenvalue weighted by Gasteiger charge is -2.18. The van der Waals surface area contributed by atoms with Gasteiger partial charge in [0.05, 0.1) is 5.54 Å². The van der Waals surface area contributed by atoms with Gasteiger partial charge < -0.3 is 15.8 Å². The van der Waals surface area contributed by atoms with Gasteiger partial charge in [0, 0.05) is 5.02 Å². The minimum Gasteiger partial charge on any atom is -0.406 e. The highest BCUT2D eigenvalue weighted by atomic mass is 35.5. The first-order valence-corrected chi connectivity index (χ1v) is 5.72. The Labute approximate surface area is 111 Å². The average molecular weight is 295 g/mol. The Bertz CT molecular complexity index is 515. The first kappa shape index (κ1) is 13.8. The van der Waals surface area contributed by atoms with Gasteiger partial charge in [0.1, 0.15) is 5.75 Å². The van der Waals surface area contributed by atoms with Crippen molar-refractivity contribution in [1.82, 2.24) is 5.32 Å². The molecule has 0 atom stereocenters. The molecule has 19 heavy (non-hydrogen) atoms. The van der Waals surface area contributed by atoms with Crippen molar-refractivity contribution in [1.29, 1.82) is 0 Å². The molecular formula is C11H10ClF3N2O2. The van der Waals surface area contributed by atoms with Crippen LogP contribution in [0.1, 0.15) is 18.4 Å². The lowest BCUT2D eigenvalue weighted by molar-refractivity contribution is -0.274. The van der Waals surface area contributed by atoms with Crippen molar-refractivity contribution in [2.75, 3.05) is 0 Å². The third-order valence-electron chi connectivity index (χ3n) is 2.77. The summed E-state index contributed by atoms with van der Waals surface area (Å²) in [5.74, 6) is -0.424. The largest absolute Gasteiger partial charge is 0.573 e. The molecule has 1 fully saturated rings. The van der Waals surface area contributed by atoms with Crippen LogP contribution in [0.5, 0.6) is 5.75 Å². The number of urea groups is 1. The molecule has 0 unspecified atom stereocenters. The van der Waals surface area contributed by atoms with Crippen LogP contribution in [-0.2, 0) is 5.54 Å². The quantitative estimate of drug-likeness (QED) is 0.900. The molecule has 1 aliphatic rings. The first-order chi connectivity index (χ1) is 8.70. The highest BCUT2D eigenvalue weighted by Crippen LogP contribution is 2.47. The molecule has 104 valence electrons. The number of carbonyl (C=O) groups excluding carboxylic acids is 1. The van der Waals surface area contributed by atoms with E-state index < -0.39 is 23.7 Å². The number of ether oxygens (including phenoxy) is 1. The molecule has 1 saturated carbocycles. The van der Waals surface area contributed by atoms with Gasteiger partial charge in [0.2, 0.25) is 0 Å². The molecule has 1 aromatic rings. The van der Waals surface area contributed by atoms with Crippen LogP contribution < -0.4 is 15.8 Å². The highest BCUT2D eigenvalue weighted by molar-refractivity contribution is 6.30. The lowest BCUT2D eigenvalue weighted by Crippen LogP contribution is -2.38. The van der Waals surface area contributed by atoms with Crippen LogP contribution in [0.2, 0.25) is 5.02 Å². The molecule has 0 saturated heterocycles. The van der Waals surface area contributed by atoms with Crippen molar-refractivity contribution in [3.8, 4) is 5.75 Å². The molecule has 0 radical (unpaired) electrons. The van der Waals surface area contributed by atoms with E-state index in [0.717, 1.165) is 6.07 Å². The zero-order chi connectivity index (χ0) is 14.3. The van der Waals surface area contributed by atoms with Gasteiger partial charge >= 0.3 is 12.4 Å². The van der Waals surface area contributed by atoms with E-state index in [1.54, 1.807) is 0 Å². The number of amides is 2. The van der Waals surface area contributed by atoms with Crippen LogP contribution >= 0.6 is 11.6 Å². The molecular weight excluding hydrogens is 285 g/mol. The van der Waals surface area contributed by atoms with Crippen LogP contribution in [0.15, 0.2) is 18.2 Å². The third-order valence-corrected chi connectivity index (χ3v) is 2.99. The van der Waals surface area contributed by atoms with Gasteiger partial charge in [-0.25, -0.2) is 4.79 Å². The zero-order valence-electron chi connectivity index (χ0n) is 9.55. The second kappa shape index (κ2) is 4.48. The van der Waals surface area contributed by atoms with Crippen LogP contribution in [0.4, 0.5) is 18.0 Å². The molecule has 4 nitrogen and oxygen atoms in total. The van der Waals surface area contributed by atoms with Crippen molar-refractivity contribution in [2.45, 2.75) is 24.7 Å². The maximum Gasteiger partial charge on any atom is 0.573 e. The van der Waals surface area contributed by atoms with Gasteiger partial charge in [-0.1, -0.05) is 11.6 Å². The van der Waals surface area contributed by atoms with E-state index in [1.165, 1.54) is 12.1 Å². The summed E-state index contributed by atoms with van der Waals surface area (Å²) in [7, 11) is 0. The molecule has 1 aliphatic carbocycles. The molecule has 3 N–H and O–H groups in total. The fourth-order valence-electron chi connectivity index (χ4n) is 1.88. The van der Waals surface area contributed by atoms with Crippen molar-refractivity contribution in [3.63, 3.8) is 0 Å². The van der Waals surface area contributed by atoms with E-state index in [1.807, 2.05) is 0 Å². The molecule has 0 aliphatic heterocycles. The van der Waals surface area contributed by atoms with Crippen molar-refractivity contribution < 1.29 is 22.7 Å². The van der Waals surface area contributed by atoms with E-state index in [2.05, 4.69) is 10.1 Å². The summed E-state index contributed by atoms with van der Waals surface area (Å²) in [4.78, 5) is 10.9. The first-order valence-electron chi connectivity index (χ1n) is 5.35. The van der Waals surface area contributed by atoms with Gasteiger partial charge in [-0.05, 0) is 36.6 Å². The fourth-order valence-corrected chi connectivity index (χ4v) is 2.10. The number of halogens is 4. The Hall–Kier alpha value is -1.63. The Kier molecular flexibility index (Phi) is 3.25. The lowest BCUT2D eigenvalue weighted by atomic mass is 10.0. The van der Waals surface area contributed by atoms with Crippen molar-refractivity contribution in [3.05, 3.63) is 28.8 Å². The summed E-state index contributed by atoms with van der Waals surface area (Å²) < 4.78 is 40.3. The predicted octanol–water partition coefficient (Wildman–Crippen LogP) is 2.90. The number of rotatable bonds is 3. The Morgan fingerprint density at radius 3 is 2.47 bits per heavy atom. The molecule has 1 aromatic carbocycles. The minimum absolute atomic E-state index is 0.0919. The van der Waals surface area contributed by atoms with Gasteiger partial charge in [0.25, 0.3) is 0 Å². The van der Waals surface area contributed by atoms with Gasteiger partial charge in [0.15, 0.2) is 0 Å². The number of alkyl halides is 3. The Morgan fingerprint density at radius 1 is 1.37 bits per heavy atom. The number of hydrogen-bond donors (Lipinski definition) is 2. The molecule has 2 rings (SSSR count). The topological polar surface area (TPSA) is 64.4 Å². The van der Waals surface area contributed by atoms with E-state index in [4.69, 9.17) is 17.3 Å². The summed E-state index contributed by atoms with van der Waals surface area (Å²) in [5.41, 5.74) is 4.75. The zero-order valence-corrected chi connectivity index (χ0v) is 10.3. The summed E-state index contributed by atoms with van der Waals surface area (Å²) in [6.45, 7) is 0. The van der Waals surface area contributed by atoms with E-state index in [9.17, 15) is 18.0 Å². The van der Waals surface area contributed by atoms with Crippen molar-refractivity contribution in [2.24, 2.45) is 5.73 Å². The minimum atomic E-state index is -4.80. The number of carbonyl (C=O) groups is 1. The Morgan fingerprint density at radius 2 is 2.00 bits per heavy atom. The molecule has 0 bridgehead atoms. The number of hydrogen-bond acceptors (Lipinski definition) is 2. The van der Waals surface area contributed by atoms with E-state index in [-0.39, 0.29) is 5.02 Å². The SMILES string of the molecule is NC(=O)NC1(c2cc(Cl)cc(OC(F)(F)F)c2)CC1. The second-order valence-electron chi connectivity index (χ2n) is 4.29. The van der Waals surface area contributed by atoms with Gasteiger partial charge in [-0.3, -0.25) is 0 Å². The maximum absolute atomic E-state index is 12.2. The normalized spacial score (nSPS) is 16.8. The van der Waals surface area contributed by atoms with Crippen LogP contribution in [-0.4, -0.2) is 12.4 Å². The third kappa shape index (κ3) is 3.44. The number of primary amides is 1. The summed E-state index contributed by atoms with van der Waals surface area (Å²) in [6, 6.07) is 2.99. The molecule has 0 spiro atoms. The molecule has 0 heterocycles. The standard InChI is InChI=1S/C11H10ClF3N2O2/c12-7-3-6(10(1-2-10)17-9(16)18)4-8(5-7)19-11(13,14)15/h3-5H,1-2H2,(H3,16,17,18). The molecule has 0 aromatic heterocycles. The predicted molar refractivity (Wildman–Crippen MR) is 61.8 cm³/mol. The van der Waals surface area contributed by atoms with E-state index in [0.29, 0.717) is 18.4 Å². The van der Waals surface area contributed by atoms with Gasteiger partial charge in [-0.15, -0.1) is 13.2 Å². The Balaban J connectivity index is 2.29. The fraction of sp³-hybridized carbons (Fsp3) is 0.364. The smallest absolute Gasteiger partial charge is 0.406 e. The second-order valence-corrected chi connectivity index (χ2v) is 4.73. The number of benzene rings is 1. The summed E-state index contributed by atoms with van der Waals surface area (Å²) in [6.07, 6.45) is -3.63. The van der Waals surface area contributed by atoms with Crippen LogP contribution in [0.25, 0.3) is 0 Å².